The van der Waals surface area contributed by atoms with Gasteiger partial charge in [0.25, 0.3) is 5.91 Å². The van der Waals surface area contributed by atoms with Gasteiger partial charge in [-0.15, -0.1) is 0 Å². The molecule has 2 heterocycles. The van der Waals surface area contributed by atoms with E-state index in [1.165, 1.54) is 0 Å². The van der Waals surface area contributed by atoms with Gasteiger partial charge in [0, 0.05) is 38.8 Å². The molecule has 0 aromatic carbocycles. The van der Waals surface area contributed by atoms with Gasteiger partial charge in [-0.05, 0) is 25.0 Å². The molecule has 6 nitrogen and oxygen atoms in total. The van der Waals surface area contributed by atoms with E-state index in [0.717, 1.165) is 18.8 Å². The van der Waals surface area contributed by atoms with E-state index in [0.29, 0.717) is 24.9 Å². The number of rotatable bonds is 5. The number of anilines is 1. The molecule has 0 spiro atoms. The quantitative estimate of drug-likeness (QED) is 0.856. The highest BCUT2D eigenvalue weighted by Crippen LogP contribution is 2.11. The molecule has 2 rings (SSSR count). The minimum absolute atomic E-state index is 0.0121. The van der Waals surface area contributed by atoms with E-state index in [4.69, 9.17) is 0 Å². The van der Waals surface area contributed by atoms with E-state index in [9.17, 15) is 9.59 Å². The first-order valence-corrected chi connectivity index (χ1v) is 7.35. The lowest BCUT2D eigenvalue weighted by atomic mass is 10.1. The van der Waals surface area contributed by atoms with Crippen molar-refractivity contribution in [2.75, 3.05) is 25.5 Å². The Kier molecular flexibility index (Phi) is 5.14. The van der Waals surface area contributed by atoms with E-state index >= 15 is 0 Å². The Hall–Kier alpha value is -2.11. The SMILES string of the molecule is CCCNc1ccc(C(=O)NC2CCC(=O)N(C)C2)cn1. The highest BCUT2D eigenvalue weighted by molar-refractivity contribution is 5.94. The van der Waals surface area contributed by atoms with E-state index in [2.05, 4.69) is 22.5 Å². The van der Waals surface area contributed by atoms with Crippen molar-refractivity contribution < 1.29 is 9.59 Å². The fraction of sp³-hybridized carbons (Fsp3) is 0.533. The Labute approximate surface area is 124 Å². The summed E-state index contributed by atoms with van der Waals surface area (Å²) in [4.78, 5) is 29.4. The van der Waals surface area contributed by atoms with Crippen LogP contribution in [-0.2, 0) is 4.79 Å². The zero-order valence-corrected chi connectivity index (χ0v) is 12.6. The van der Waals surface area contributed by atoms with Crippen LogP contribution in [0.1, 0.15) is 36.5 Å². The Morgan fingerprint density at radius 3 is 2.90 bits per heavy atom. The first kappa shape index (κ1) is 15.3. The van der Waals surface area contributed by atoms with Crippen molar-refractivity contribution in [1.29, 1.82) is 0 Å². The third kappa shape index (κ3) is 4.18. The Balaban J connectivity index is 1.89. The number of hydrogen-bond acceptors (Lipinski definition) is 4. The van der Waals surface area contributed by atoms with E-state index < -0.39 is 0 Å². The topological polar surface area (TPSA) is 74.3 Å². The predicted octanol–water partition coefficient (Wildman–Crippen LogP) is 1.25. The number of hydrogen-bond donors (Lipinski definition) is 2. The molecule has 1 saturated heterocycles. The number of amides is 2. The molecule has 0 aliphatic carbocycles. The maximum Gasteiger partial charge on any atom is 0.253 e. The van der Waals surface area contributed by atoms with Crippen LogP contribution in [-0.4, -0.2) is 47.9 Å². The van der Waals surface area contributed by atoms with Crippen LogP contribution >= 0.6 is 0 Å². The summed E-state index contributed by atoms with van der Waals surface area (Å²) in [5.41, 5.74) is 0.539. The van der Waals surface area contributed by atoms with Gasteiger partial charge in [-0.3, -0.25) is 9.59 Å². The van der Waals surface area contributed by atoms with Gasteiger partial charge in [-0.2, -0.15) is 0 Å². The summed E-state index contributed by atoms with van der Waals surface area (Å²) in [5.74, 6) is 0.766. The molecule has 0 saturated carbocycles. The zero-order valence-electron chi connectivity index (χ0n) is 12.6. The molecule has 1 aliphatic heterocycles. The first-order chi connectivity index (χ1) is 10.1. The molecule has 6 heteroatoms. The predicted molar refractivity (Wildman–Crippen MR) is 81.1 cm³/mol. The number of aromatic nitrogens is 1. The normalized spacial score (nSPS) is 18.5. The Bertz CT molecular complexity index is 501. The summed E-state index contributed by atoms with van der Waals surface area (Å²) in [5, 5.41) is 6.12. The second-order valence-electron chi connectivity index (χ2n) is 5.34. The van der Waals surface area contributed by atoms with E-state index in [-0.39, 0.29) is 17.9 Å². The number of carbonyl (C=O) groups is 2. The smallest absolute Gasteiger partial charge is 0.253 e. The van der Waals surface area contributed by atoms with Gasteiger partial charge in [0.1, 0.15) is 5.82 Å². The van der Waals surface area contributed by atoms with Gasteiger partial charge >= 0.3 is 0 Å². The van der Waals surface area contributed by atoms with Gasteiger partial charge in [-0.1, -0.05) is 6.92 Å². The third-order valence-electron chi connectivity index (χ3n) is 3.54. The maximum atomic E-state index is 12.2. The number of likely N-dealkylation sites (tertiary alicyclic amines) is 1. The van der Waals surface area contributed by atoms with E-state index in [1.54, 1.807) is 30.3 Å². The lowest BCUT2D eigenvalue weighted by Crippen LogP contribution is -2.48. The molecule has 0 radical (unpaired) electrons. The summed E-state index contributed by atoms with van der Waals surface area (Å²) in [6.07, 6.45) is 3.78. The van der Waals surface area contributed by atoms with Crippen LogP contribution in [0.2, 0.25) is 0 Å². The van der Waals surface area contributed by atoms with Crippen molar-refractivity contribution in [3.8, 4) is 0 Å². The van der Waals surface area contributed by atoms with Gasteiger partial charge in [-0.25, -0.2) is 4.98 Å². The van der Waals surface area contributed by atoms with Gasteiger partial charge in [0.15, 0.2) is 0 Å². The molecule has 21 heavy (non-hydrogen) atoms. The maximum absolute atomic E-state index is 12.2. The number of carbonyl (C=O) groups excluding carboxylic acids is 2. The van der Waals surface area contributed by atoms with Crippen LogP contribution in [0.5, 0.6) is 0 Å². The van der Waals surface area contributed by atoms with Crippen LogP contribution in [0.25, 0.3) is 0 Å². The number of piperidine rings is 1. The van der Waals surface area contributed by atoms with Crippen LogP contribution in [0.15, 0.2) is 18.3 Å². The van der Waals surface area contributed by atoms with Crippen molar-refractivity contribution in [2.45, 2.75) is 32.2 Å². The molecule has 114 valence electrons. The fourth-order valence-corrected chi connectivity index (χ4v) is 2.28. The standard InChI is InChI=1S/C15H22N4O2/c1-3-8-16-13-6-4-11(9-17-13)15(21)18-12-5-7-14(20)19(2)10-12/h4,6,9,12H,3,5,7-8,10H2,1-2H3,(H,16,17)(H,18,21). The molecular weight excluding hydrogens is 268 g/mol. The molecule has 1 aliphatic rings. The first-order valence-electron chi connectivity index (χ1n) is 7.35. The molecule has 1 unspecified atom stereocenters. The number of pyridine rings is 1. The number of nitrogens with one attached hydrogen (secondary N) is 2. The Morgan fingerprint density at radius 2 is 2.29 bits per heavy atom. The molecule has 2 amide bonds. The van der Waals surface area contributed by atoms with Crippen LogP contribution in [0, 0.1) is 0 Å². The highest BCUT2D eigenvalue weighted by Gasteiger charge is 2.24. The largest absolute Gasteiger partial charge is 0.370 e. The minimum atomic E-state index is -0.141. The van der Waals surface area contributed by atoms with Crippen LogP contribution < -0.4 is 10.6 Å². The van der Waals surface area contributed by atoms with Crippen molar-refractivity contribution in [2.24, 2.45) is 0 Å². The monoisotopic (exact) mass is 290 g/mol. The lowest BCUT2D eigenvalue weighted by Gasteiger charge is -2.30. The van der Waals surface area contributed by atoms with Gasteiger partial charge < -0.3 is 15.5 Å². The lowest BCUT2D eigenvalue weighted by molar-refractivity contribution is -0.132. The summed E-state index contributed by atoms with van der Waals surface area (Å²) in [7, 11) is 1.76. The van der Waals surface area contributed by atoms with Crippen LogP contribution in [0.3, 0.4) is 0 Å². The Morgan fingerprint density at radius 1 is 1.48 bits per heavy atom. The van der Waals surface area contributed by atoms with Gasteiger partial charge in [0.2, 0.25) is 5.91 Å². The molecular formula is C15H22N4O2. The molecule has 2 N–H and O–H groups in total. The van der Waals surface area contributed by atoms with Crippen LogP contribution in [0.4, 0.5) is 5.82 Å². The second-order valence-corrected chi connectivity index (χ2v) is 5.34. The van der Waals surface area contributed by atoms with Crippen molar-refractivity contribution in [1.82, 2.24) is 15.2 Å². The highest BCUT2D eigenvalue weighted by atomic mass is 16.2. The minimum Gasteiger partial charge on any atom is -0.370 e. The summed E-state index contributed by atoms with van der Waals surface area (Å²) < 4.78 is 0. The fourth-order valence-electron chi connectivity index (χ4n) is 2.28. The average molecular weight is 290 g/mol. The molecule has 0 bridgehead atoms. The van der Waals surface area contributed by atoms with Crippen molar-refractivity contribution in [3.63, 3.8) is 0 Å². The van der Waals surface area contributed by atoms with E-state index in [1.807, 2.05) is 0 Å². The third-order valence-corrected chi connectivity index (χ3v) is 3.54. The molecule has 1 aromatic heterocycles. The average Bonchev–Trinajstić information content (AvgIpc) is 2.49. The second kappa shape index (κ2) is 7.06. The van der Waals surface area contributed by atoms with Crippen molar-refractivity contribution >= 4 is 17.6 Å². The molecule has 1 aromatic rings. The number of nitrogens with zero attached hydrogens (tertiary/aromatic N) is 2. The molecule has 1 fully saturated rings. The number of likely N-dealkylation sites (N-methyl/N-ethyl adjacent to an activating group) is 1. The summed E-state index contributed by atoms with van der Waals surface area (Å²) >= 11 is 0. The van der Waals surface area contributed by atoms with Crippen molar-refractivity contribution in [3.05, 3.63) is 23.9 Å². The zero-order chi connectivity index (χ0) is 15.2. The van der Waals surface area contributed by atoms with Gasteiger partial charge in [0.05, 0.1) is 5.56 Å². The molecule has 1 atom stereocenters. The summed E-state index contributed by atoms with van der Waals surface area (Å²) in [6.45, 7) is 3.51. The summed E-state index contributed by atoms with van der Waals surface area (Å²) in [6, 6.07) is 3.58.